The maximum Gasteiger partial charge on any atom is 0.0281 e. The van der Waals surface area contributed by atoms with Crippen molar-refractivity contribution < 1.29 is 0 Å². The largest absolute Gasteiger partial charge is 0.375 e. The Morgan fingerprint density at radius 1 is 1.23 bits per heavy atom. The summed E-state index contributed by atoms with van der Waals surface area (Å²) in [5, 5.41) is 0. The first-order valence-electron chi connectivity index (χ1n) is 5.68. The standard InChI is InChI=1S/C12H25N/c1-5-9-11-13(8-4)12(7-3)10-6-2/h8,12H,4-7,9-11H2,1-3H3/t12-/m1/s1. The lowest BCUT2D eigenvalue weighted by molar-refractivity contribution is 0.251. The Kier molecular flexibility index (Phi) is 7.86. The molecule has 0 N–H and O–H groups in total. The summed E-state index contributed by atoms with van der Waals surface area (Å²) >= 11 is 0. The lowest BCUT2D eigenvalue weighted by Gasteiger charge is -2.29. The van der Waals surface area contributed by atoms with E-state index in [9.17, 15) is 0 Å². The number of hydrogen-bond donors (Lipinski definition) is 0. The molecule has 0 aliphatic heterocycles. The SMILES string of the molecule is C=CN(CCCC)[C@H](CC)CCC. The van der Waals surface area contributed by atoms with Crippen LogP contribution in [0.2, 0.25) is 0 Å². The summed E-state index contributed by atoms with van der Waals surface area (Å²) in [6.45, 7) is 11.8. The van der Waals surface area contributed by atoms with Crippen LogP contribution in [0.15, 0.2) is 12.8 Å². The topological polar surface area (TPSA) is 3.24 Å². The molecule has 13 heavy (non-hydrogen) atoms. The second-order valence-electron chi connectivity index (χ2n) is 3.62. The van der Waals surface area contributed by atoms with Gasteiger partial charge < -0.3 is 4.90 Å². The third-order valence-corrected chi connectivity index (χ3v) is 2.57. The Bertz CT molecular complexity index is 120. The van der Waals surface area contributed by atoms with Crippen LogP contribution in [-0.4, -0.2) is 17.5 Å². The number of unbranched alkanes of at least 4 members (excludes halogenated alkanes) is 1. The highest BCUT2D eigenvalue weighted by Crippen LogP contribution is 2.12. The molecule has 0 saturated carbocycles. The summed E-state index contributed by atoms with van der Waals surface area (Å²) in [5.41, 5.74) is 0. The van der Waals surface area contributed by atoms with Crippen molar-refractivity contribution in [2.45, 2.75) is 58.9 Å². The Labute approximate surface area is 83.8 Å². The molecule has 0 fully saturated rings. The summed E-state index contributed by atoms with van der Waals surface area (Å²) in [7, 11) is 0. The van der Waals surface area contributed by atoms with Crippen LogP contribution in [0, 0.1) is 0 Å². The third-order valence-electron chi connectivity index (χ3n) is 2.57. The minimum absolute atomic E-state index is 0.717. The van der Waals surface area contributed by atoms with Gasteiger partial charge in [-0.1, -0.05) is 40.2 Å². The molecule has 0 aromatic carbocycles. The van der Waals surface area contributed by atoms with Crippen LogP contribution >= 0.6 is 0 Å². The molecule has 0 amide bonds. The Hall–Kier alpha value is -0.460. The first-order chi connectivity index (χ1) is 6.29. The molecule has 0 unspecified atom stereocenters. The summed E-state index contributed by atoms with van der Waals surface area (Å²) in [6.07, 6.45) is 8.38. The molecule has 78 valence electrons. The molecule has 0 saturated heterocycles. The summed E-state index contributed by atoms with van der Waals surface area (Å²) in [5.74, 6) is 0. The Morgan fingerprint density at radius 2 is 1.92 bits per heavy atom. The quantitative estimate of drug-likeness (QED) is 0.553. The molecule has 0 aliphatic rings. The minimum Gasteiger partial charge on any atom is -0.375 e. The van der Waals surface area contributed by atoms with Gasteiger partial charge in [0.2, 0.25) is 0 Å². The highest BCUT2D eigenvalue weighted by molar-refractivity contribution is 4.78. The van der Waals surface area contributed by atoms with E-state index in [1.807, 2.05) is 6.20 Å². The van der Waals surface area contributed by atoms with E-state index in [2.05, 4.69) is 32.3 Å². The van der Waals surface area contributed by atoms with Crippen molar-refractivity contribution in [1.82, 2.24) is 4.90 Å². The first-order valence-corrected chi connectivity index (χ1v) is 5.68. The predicted octanol–water partition coefficient (Wildman–Crippen LogP) is 3.81. The lowest BCUT2D eigenvalue weighted by atomic mass is 10.1. The molecule has 0 radical (unpaired) electrons. The summed E-state index contributed by atoms with van der Waals surface area (Å²) < 4.78 is 0. The Balaban J connectivity index is 3.92. The van der Waals surface area contributed by atoms with Gasteiger partial charge in [0, 0.05) is 12.6 Å². The maximum absolute atomic E-state index is 3.89. The average Bonchev–Trinajstić information content (AvgIpc) is 2.17. The first kappa shape index (κ1) is 12.5. The van der Waals surface area contributed by atoms with E-state index in [0.29, 0.717) is 6.04 Å². The van der Waals surface area contributed by atoms with Gasteiger partial charge in [-0.15, -0.1) is 0 Å². The van der Waals surface area contributed by atoms with E-state index >= 15 is 0 Å². The molecule has 0 spiro atoms. The van der Waals surface area contributed by atoms with Crippen LogP contribution in [0.3, 0.4) is 0 Å². The normalized spacial score (nSPS) is 12.5. The highest BCUT2D eigenvalue weighted by atomic mass is 15.1. The van der Waals surface area contributed by atoms with E-state index in [1.165, 1.54) is 38.6 Å². The summed E-state index contributed by atoms with van der Waals surface area (Å²) in [4.78, 5) is 2.41. The maximum atomic E-state index is 3.89. The van der Waals surface area contributed by atoms with Crippen LogP contribution in [0.1, 0.15) is 52.9 Å². The predicted molar refractivity (Wildman–Crippen MR) is 60.8 cm³/mol. The average molecular weight is 183 g/mol. The number of rotatable bonds is 8. The lowest BCUT2D eigenvalue weighted by Crippen LogP contribution is -2.30. The fourth-order valence-electron chi connectivity index (χ4n) is 1.70. The zero-order chi connectivity index (χ0) is 10.1. The highest BCUT2D eigenvalue weighted by Gasteiger charge is 2.10. The summed E-state index contributed by atoms with van der Waals surface area (Å²) in [6, 6.07) is 0.717. The molecular weight excluding hydrogens is 158 g/mol. The van der Waals surface area contributed by atoms with Gasteiger partial charge in [-0.3, -0.25) is 0 Å². The minimum atomic E-state index is 0.717. The van der Waals surface area contributed by atoms with Crippen molar-refractivity contribution in [2.24, 2.45) is 0 Å². The van der Waals surface area contributed by atoms with Crippen LogP contribution in [0.5, 0.6) is 0 Å². The molecule has 0 aromatic rings. The molecule has 0 heterocycles. The molecule has 0 rings (SSSR count). The zero-order valence-corrected chi connectivity index (χ0v) is 9.55. The third kappa shape index (κ3) is 4.97. The molecule has 1 atom stereocenters. The molecule has 1 nitrogen and oxygen atoms in total. The van der Waals surface area contributed by atoms with Crippen molar-refractivity contribution in [1.29, 1.82) is 0 Å². The number of nitrogens with zero attached hydrogens (tertiary/aromatic N) is 1. The Morgan fingerprint density at radius 3 is 2.31 bits per heavy atom. The van der Waals surface area contributed by atoms with Crippen molar-refractivity contribution >= 4 is 0 Å². The molecule has 0 aromatic heterocycles. The van der Waals surface area contributed by atoms with Gasteiger partial charge in [-0.25, -0.2) is 0 Å². The van der Waals surface area contributed by atoms with Gasteiger partial charge in [0.15, 0.2) is 0 Å². The van der Waals surface area contributed by atoms with Crippen molar-refractivity contribution in [2.75, 3.05) is 6.54 Å². The van der Waals surface area contributed by atoms with E-state index in [-0.39, 0.29) is 0 Å². The fraction of sp³-hybridized carbons (Fsp3) is 0.833. The van der Waals surface area contributed by atoms with Gasteiger partial charge in [-0.2, -0.15) is 0 Å². The van der Waals surface area contributed by atoms with E-state index in [1.54, 1.807) is 0 Å². The van der Waals surface area contributed by atoms with Crippen molar-refractivity contribution in [3.63, 3.8) is 0 Å². The van der Waals surface area contributed by atoms with Crippen LogP contribution in [-0.2, 0) is 0 Å². The van der Waals surface area contributed by atoms with Crippen LogP contribution < -0.4 is 0 Å². The molecule has 0 aliphatic carbocycles. The van der Waals surface area contributed by atoms with Crippen molar-refractivity contribution in [3.8, 4) is 0 Å². The fourth-order valence-corrected chi connectivity index (χ4v) is 1.70. The zero-order valence-electron chi connectivity index (χ0n) is 9.55. The van der Waals surface area contributed by atoms with Gasteiger partial charge in [0.1, 0.15) is 0 Å². The smallest absolute Gasteiger partial charge is 0.0281 e. The monoisotopic (exact) mass is 183 g/mol. The number of hydrogen-bond acceptors (Lipinski definition) is 1. The van der Waals surface area contributed by atoms with E-state index in [4.69, 9.17) is 0 Å². The molecular formula is C12H25N. The second-order valence-corrected chi connectivity index (χ2v) is 3.62. The van der Waals surface area contributed by atoms with E-state index < -0.39 is 0 Å². The van der Waals surface area contributed by atoms with E-state index in [0.717, 1.165) is 0 Å². The molecule has 1 heteroatoms. The second kappa shape index (κ2) is 8.15. The van der Waals surface area contributed by atoms with Gasteiger partial charge >= 0.3 is 0 Å². The van der Waals surface area contributed by atoms with Crippen LogP contribution in [0.4, 0.5) is 0 Å². The van der Waals surface area contributed by atoms with Gasteiger partial charge in [-0.05, 0) is 25.5 Å². The molecule has 0 bridgehead atoms. The van der Waals surface area contributed by atoms with Crippen molar-refractivity contribution in [3.05, 3.63) is 12.8 Å². The van der Waals surface area contributed by atoms with Gasteiger partial charge in [0.25, 0.3) is 0 Å². The van der Waals surface area contributed by atoms with Crippen LogP contribution in [0.25, 0.3) is 0 Å². The van der Waals surface area contributed by atoms with Gasteiger partial charge in [0.05, 0.1) is 0 Å².